The fraction of sp³-hybridized carbons (Fsp3) is 0.500. The zero-order valence-electron chi connectivity index (χ0n) is 13.9. The van der Waals surface area contributed by atoms with Gasteiger partial charge in [-0.3, -0.25) is 14.2 Å². The number of amides is 1. The van der Waals surface area contributed by atoms with Crippen LogP contribution in [0.5, 0.6) is 0 Å². The summed E-state index contributed by atoms with van der Waals surface area (Å²) in [6.07, 6.45) is 5.59. The van der Waals surface area contributed by atoms with Gasteiger partial charge in [0.2, 0.25) is 5.91 Å². The second-order valence-corrected chi connectivity index (χ2v) is 6.69. The number of aromatic nitrogens is 2. The van der Waals surface area contributed by atoms with Crippen molar-refractivity contribution in [2.24, 2.45) is 0 Å². The van der Waals surface area contributed by atoms with Crippen LogP contribution in [0.25, 0.3) is 10.9 Å². The molecule has 1 aliphatic heterocycles. The molecule has 25 heavy (non-hydrogen) atoms. The van der Waals surface area contributed by atoms with Crippen molar-refractivity contribution in [3.8, 4) is 0 Å². The first-order chi connectivity index (χ1) is 12.1. The summed E-state index contributed by atoms with van der Waals surface area (Å²) < 4.78 is 20.5. The molecule has 0 unspecified atom stereocenters. The van der Waals surface area contributed by atoms with Gasteiger partial charge in [0.15, 0.2) is 0 Å². The molecule has 0 radical (unpaired) electrons. The van der Waals surface area contributed by atoms with E-state index in [0.29, 0.717) is 18.7 Å². The van der Waals surface area contributed by atoms with Crippen molar-refractivity contribution in [2.45, 2.75) is 44.4 Å². The first-order valence-corrected chi connectivity index (χ1v) is 8.69. The lowest BCUT2D eigenvalue weighted by atomic mass is 9.90. The molecular weight excluding hydrogens is 325 g/mol. The summed E-state index contributed by atoms with van der Waals surface area (Å²) in [5, 5.41) is 0.188. The Balaban J connectivity index is 1.59. The number of carbonyl (C=O) groups excluding carboxylic acids is 1. The third-order valence-corrected chi connectivity index (χ3v) is 5.14. The second-order valence-electron chi connectivity index (χ2n) is 6.69. The number of rotatable bonds is 2. The molecule has 1 aliphatic carbocycles. The number of halogens is 1. The van der Waals surface area contributed by atoms with Crippen LogP contribution in [0.3, 0.4) is 0 Å². The van der Waals surface area contributed by atoms with E-state index in [1.54, 1.807) is 0 Å². The minimum absolute atomic E-state index is 0.0818. The van der Waals surface area contributed by atoms with Crippen molar-refractivity contribution in [2.75, 3.05) is 13.2 Å². The van der Waals surface area contributed by atoms with Crippen molar-refractivity contribution in [1.82, 2.24) is 14.5 Å². The lowest BCUT2D eigenvalue weighted by molar-refractivity contribution is -0.150. The summed E-state index contributed by atoms with van der Waals surface area (Å²) in [4.78, 5) is 31.3. The van der Waals surface area contributed by atoms with Crippen molar-refractivity contribution < 1.29 is 13.9 Å². The average Bonchev–Trinajstić information content (AvgIpc) is 2.64. The van der Waals surface area contributed by atoms with Crippen LogP contribution in [0.15, 0.2) is 29.3 Å². The summed E-state index contributed by atoms with van der Waals surface area (Å²) in [5.41, 5.74) is 0.0279. The molecule has 7 heteroatoms. The van der Waals surface area contributed by atoms with Gasteiger partial charge >= 0.3 is 0 Å². The highest BCUT2D eigenvalue weighted by Gasteiger charge is 2.36. The van der Waals surface area contributed by atoms with Gasteiger partial charge in [0.05, 0.1) is 36.0 Å². The Morgan fingerprint density at radius 1 is 1.32 bits per heavy atom. The fourth-order valence-corrected chi connectivity index (χ4v) is 3.89. The molecule has 132 valence electrons. The predicted molar refractivity (Wildman–Crippen MR) is 89.7 cm³/mol. The smallest absolute Gasteiger partial charge is 0.261 e. The highest BCUT2D eigenvalue weighted by atomic mass is 19.1. The van der Waals surface area contributed by atoms with E-state index in [9.17, 15) is 14.0 Å². The lowest BCUT2D eigenvalue weighted by Gasteiger charge is -2.43. The lowest BCUT2D eigenvalue weighted by Crippen LogP contribution is -2.55. The SMILES string of the molecule is O=C(Cn1cnc2ccc(F)cc2c1=O)N1CCO[C@@H]2CCCC[C@H]21. The van der Waals surface area contributed by atoms with Crippen molar-refractivity contribution in [3.63, 3.8) is 0 Å². The van der Waals surface area contributed by atoms with Gasteiger partial charge in [-0.2, -0.15) is 0 Å². The fourth-order valence-electron chi connectivity index (χ4n) is 3.89. The number of hydrogen-bond acceptors (Lipinski definition) is 4. The first-order valence-electron chi connectivity index (χ1n) is 8.69. The number of carbonyl (C=O) groups is 1. The van der Waals surface area contributed by atoms with E-state index in [1.807, 2.05) is 4.90 Å². The molecule has 6 nitrogen and oxygen atoms in total. The van der Waals surface area contributed by atoms with E-state index in [0.717, 1.165) is 31.7 Å². The number of nitrogens with zero attached hydrogens (tertiary/aromatic N) is 3. The summed E-state index contributed by atoms with van der Waals surface area (Å²) in [6, 6.07) is 3.99. The van der Waals surface area contributed by atoms with E-state index in [1.165, 1.54) is 23.0 Å². The Morgan fingerprint density at radius 3 is 3.04 bits per heavy atom. The highest BCUT2D eigenvalue weighted by Crippen LogP contribution is 2.28. The summed E-state index contributed by atoms with van der Waals surface area (Å²) in [5.74, 6) is -0.603. The van der Waals surface area contributed by atoms with Crippen LogP contribution in [-0.2, 0) is 16.1 Å². The van der Waals surface area contributed by atoms with Gasteiger partial charge < -0.3 is 9.64 Å². The number of fused-ring (bicyclic) bond motifs is 2. The van der Waals surface area contributed by atoms with Gasteiger partial charge in [-0.15, -0.1) is 0 Å². The molecule has 2 aliphatic rings. The largest absolute Gasteiger partial charge is 0.374 e. The van der Waals surface area contributed by atoms with Crippen LogP contribution in [0.1, 0.15) is 25.7 Å². The van der Waals surface area contributed by atoms with E-state index in [-0.39, 0.29) is 30.0 Å². The summed E-state index contributed by atoms with van der Waals surface area (Å²) in [7, 11) is 0. The van der Waals surface area contributed by atoms with Gasteiger partial charge in [0.25, 0.3) is 5.56 Å². The van der Waals surface area contributed by atoms with Gasteiger partial charge in [0, 0.05) is 6.54 Å². The molecule has 1 amide bonds. The Kier molecular flexibility index (Phi) is 4.25. The third-order valence-electron chi connectivity index (χ3n) is 5.14. The minimum Gasteiger partial charge on any atom is -0.374 e. The molecule has 1 aromatic heterocycles. The molecule has 1 aromatic carbocycles. The number of hydrogen-bond donors (Lipinski definition) is 0. The molecule has 2 heterocycles. The van der Waals surface area contributed by atoms with Crippen molar-refractivity contribution in [3.05, 3.63) is 40.7 Å². The molecule has 4 rings (SSSR count). The maximum Gasteiger partial charge on any atom is 0.261 e. The maximum atomic E-state index is 13.4. The standard InChI is InChI=1S/C18H20FN3O3/c19-12-5-6-14-13(9-12)18(24)21(11-20-14)10-17(23)22-7-8-25-16-4-2-1-3-15(16)22/h5-6,9,11,15-16H,1-4,7-8,10H2/t15-,16-/m1/s1. The van der Waals surface area contributed by atoms with Gasteiger partial charge in [-0.25, -0.2) is 9.37 Å². The molecule has 0 N–H and O–H groups in total. The predicted octanol–water partition coefficient (Wildman–Crippen LogP) is 1.71. The van der Waals surface area contributed by atoms with Gasteiger partial charge in [0.1, 0.15) is 12.4 Å². The second kappa shape index (κ2) is 6.55. The van der Waals surface area contributed by atoms with Crippen LogP contribution in [-0.4, -0.2) is 45.7 Å². The maximum absolute atomic E-state index is 13.4. The van der Waals surface area contributed by atoms with E-state index in [2.05, 4.69) is 4.98 Å². The molecular formula is C18H20FN3O3. The molecule has 0 bridgehead atoms. The monoisotopic (exact) mass is 345 g/mol. The number of morpholine rings is 1. The van der Waals surface area contributed by atoms with Crippen LogP contribution in [0.4, 0.5) is 4.39 Å². The molecule has 0 spiro atoms. The Labute approximate surface area is 144 Å². The Hall–Kier alpha value is -2.28. The van der Waals surface area contributed by atoms with Crippen LogP contribution >= 0.6 is 0 Å². The van der Waals surface area contributed by atoms with Crippen LogP contribution in [0.2, 0.25) is 0 Å². The summed E-state index contributed by atoms with van der Waals surface area (Å²) >= 11 is 0. The third kappa shape index (κ3) is 3.04. The molecule has 1 saturated carbocycles. The van der Waals surface area contributed by atoms with Crippen molar-refractivity contribution >= 4 is 16.8 Å². The number of ether oxygens (including phenoxy) is 1. The van der Waals surface area contributed by atoms with Crippen LogP contribution < -0.4 is 5.56 Å². The molecule has 1 saturated heterocycles. The topological polar surface area (TPSA) is 64.4 Å². The minimum atomic E-state index is -0.492. The quantitative estimate of drug-likeness (QED) is 0.831. The highest BCUT2D eigenvalue weighted by molar-refractivity contribution is 5.79. The van der Waals surface area contributed by atoms with Gasteiger partial charge in [-0.05, 0) is 31.0 Å². The zero-order chi connectivity index (χ0) is 17.4. The summed E-state index contributed by atoms with van der Waals surface area (Å²) in [6.45, 7) is 0.995. The number of benzene rings is 1. The van der Waals surface area contributed by atoms with E-state index >= 15 is 0 Å². The van der Waals surface area contributed by atoms with Gasteiger partial charge in [-0.1, -0.05) is 12.8 Å². The molecule has 2 aromatic rings. The molecule has 2 fully saturated rings. The van der Waals surface area contributed by atoms with E-state index in [4.69, 9.17) is 4.74 Å². The molecule has 2 atom stereocenters. The zero-order valence-corrected chi connectivity index (χ0v) is 13.9. The average molecular weight is 345 g/mol. The Morgan fingerprint density at radius 2 is 2.16 bits per heavy atom. The van der Waals surface area contributed by atoms with Crippen molar-refractivity contribution in [1.29, 1.82) is 0 Å². The van der Waals surface area contributed by atoms with E-state index < -0.39 is 11.4 Å². The Bertz CT molecular complexity index is 864. The normalized spacial score (nSPS) is 23.5. The van der Waals surface area contributed by atoms with Crippen LogP contribution in [0, 0.1) is 5.82 Å². The first kappa shape index (κ1) is 16.2.